The zero-order valence-corrected chi connectivity index (χ0v) is 19.4. The quantitative estimate of drug-likeness (QED) is 0.261. The maximum atomic E-state index is 6.42. The summed E-state index contributed by atoms with van der Waals surface area (Å²) in [7, 11) is 0. The van der Waals surface area contributed by atoms with Crippen LogP contribution in [0.4, 0.5) is 0 Å². The molecule has 0 aliphatic rings. The summed E-state index contributed by atoms with van der Waals surface area (Å²) in [5, 5.41) is 0.692. The monoisotopic (exact) mass is 459 g/mol. The molecule has 4 heteroatoms. The molecule has 2 heterocycles. The number of fused-ring (bicyclic) bond motifs is 1. The standard InChI is InChI=1S/C30H22ClN3/c1-21-15-17-22(18-16-21)27-20-33-29(24-11-6-3-7-12-24)28(23-9-4-2-5-10-23)32-30(33)34(27)26-14-8-13-25(31)19-26/h2-20H,1H3. The van der Waals surface area contributed by atoms with Crippen molar-refractivity contribution >= 4 is 17.4 Å². The van der Waals surface area contributed by atoms with Crippen molar-refractivity contribution in [1.82, 2.24) is 14.0 Å². The lowest BCUT2D eigenvalue weighted by Gasteiger charge is -2.10. The second-order valence-corrected chi connectivity index (χ2v) is 8.84. The van der Waals surface area contributed by atoms with Gasteiger partial charge in [0.2, 0.25) is 5.78 Å². The predicted molar refractivity (Wildman–Crippen MR) is 141 cm³/mol. The van der Waals surface area contributed by atoms with Crippen molar-refractivity contribution in [3.8, 4) is 39.5 Å². The Kier molecular flexibility index (Phi) is 5.05. The van der Waals surface area contributed by atoms with Crippen molar-refractivity contribution in [2.75, 3.05) is 0 Å². The van der Waals surface area contributed by atoms with E-state index in [1.807, 2.05) is 30.3 Å². The van der Waals surface area contributed by atoms with Gasteiger partial charge in [0.05, 0.1) is 22.8 Å². The number of hydrogen-bond acceptors (Lipinski definition) is 1. The molecule has 0 aliphatic heterocycles. The molecule has 0 spiro atoms. The lowest BCUT2D eigenvalue weighted by atomic mass is 10.0. The number of halogens is 1. The third-order valence-electron chi connectivity index (χ3n) is 6.09. The van der Waals surface area contributed by atoms with E-state index in [9.17, 15) is 0 Å². The summed E-state index contributed by atoms with van der Waals surface area (Å²) in [6.45, 7) is 2.10. The lowest BCUT2D eigenvalue weighted by molar-refractivity contribution is 1.08. The summed E-state index contributed by atoms with van der Waals surface area (Å²) in [5.74, 6) is 0.843. The van der Waals surface area contributed by atoms with Crippen molar-refractivity contribution in [2.24, 2.45) is 0 Å². The van der Waals surface area contributed by atoms with E-state index in [4.69, 9.17) is 16.6 Å². The van der Waals surface area contributed by atoms with Crippen LogP contribution in [0.2, 0.25) is 5.02 Å². The zero-order valence-electron chi connectivity index (χ0n) is 18.7. The van der Waals surface area contributed by atoms with E-state index in [0.29, 0.717) is 5.02 Å². The van der Waals surface area contributed by atoms with Crippen LogP contribution in [0.25, 0.3) is 45.2 Å². The molecule has 0 saturated carbocycles. The summed E-state index contributed by atoms with van der Waals surface area (Å²) in [5.41, 5.74) is 8.60. The average Bonchev–Trinajstić information content (AvgIpc) is 3.42. The first-order valence-corrected chi connectivity index (χ1v) is 11.6. The highest BCUT2D eigenvalue weighted by atomic mass is 35.5. The molecule has 34 heavy (non-hydrogen) atoms. The topological polar surface area (TPSA) is 22.2 Å². The third kappa shape index (κ3) is 3.51. The molecule has 164 valence electrons. The van der Waals surface area contributed by atoms with Gasteiger partial charge in [-0.3, -0.25) is 8.97 Å². The number of nitrogens with zero attached hydrogens (tertiary/aromatic N) is 3. The summed E-state index contributed by atoms with van der Waals surface area (Å²) >= 11 is 6.42. The molecule has 4 aromatic carbocycles. The number of hydrogen-bond donors (Lipinski definition) is 0. The molecule has 0 atom stereocenters. The van der Waals surface area contributed by atoms with Crippen molar-refractivity contribution < 1.29 is 0 Å². The van der Waals surface area contributed by atoms with Crippen LogP contribution in [0, 0.1) is 6.92 Å². The Bertz CT molecular complexity index is 1590. The first kappa shape index (κ1) is 20.5. The number of aromatic nitrogens is 3. The maximum absolute atomic E-state index is 6.42. The highest BCUT2D eigenvalue weighted by Gasteiger charge is 2.22. The number of imidazole rings is 2. The molecule has 0 saturated heterocycles. The minimum Gasteiger partial charge on any atom is -0.282 e. The van der Waals surface area contributed by atoms with Crippen LogP contribution in [0.15, 0.2) is 115 Å². The van der Waals surface area contributed by atoms with Crippen molar-refractivity contribution in [2.45, 2.75) is 6.92 Å². The fraction of sp³-hybridized carbons (Fsp3) is 0.0333. The molecule has 3 nitrogen and oxygen atoms in total. The van der Waals surface area contributed by atoms with Crippen LogP contribution in [-0.2, 0) is 0 Å². The largest absolute Gasteiger partial charge is 0.282 e. The Morgan fingerprint density at radius 1 is 0.676 bits per heavy atom. The Morgan fingerprint density at radius 3 is 2.03 bits per heavy atom. The van der Waals surface area contributed by atoms with Crippen molar-refractivity contribution in [3.63, 3.8) is 0 Å². The Labute approximate surface area is 203 Å². The van der Waals surface area contributed by atoms with Crippen LogP contribution in [0.5, 0.6) is 0 Å². The van der Waals surface area contributed by atoms with E-state index < -0.39 is 0 Å². The van der Waals surface area contributed by atoms with Gasteiger partial charge in [-0.05, 0) is 25.1 Å². The molecule has 0 amide bonds. The van der Waals surface area contributed by atoms with E-state index in [1.165, 1.54) is 5.56 Å². The van der Waals surface area contributed by atoms with Crippen molar-refractivity contribution in [1.29, 1.82) is 0 Å². The van der Waals surface area contributed by atoms with Crippen LogP contribution in [0.3, 0.4) is 0 Å². The van der Waals surface area contributed by atoms with Gasteiger partial charge in [0, 0.05) is 27.9 Å². The molecular weight excluding hydrogens is 438 g/mol. The smallest absolute Gasteiger partial charge is 0.220 e. The van der Waals surface area contributed by atoms with E-state index in [-0.39, 0.29) is 0 Å². The highest BCUT2D eigenvalue weighted by molar-refractivity contribution is 6.30. The number of rotatable bonds is 4. The van der Waals surface area contributed by atoms with Gasteiger partial charge >= 0.3 is 0 Å². The minimum absolute atomic E-state index is 0.692. The van der Waals surface area contributed by atoms with Gasteiger partial charge in [-0.1, -0.05) is 108 Å². The molecule has 0 fully saturated rings. The fourth-order valence-electron chi connectivity index (χ4n) is 4.46. The molecular formula is C30H22ClN3. The number of aryl methyl sites for hydroxylation is 1. The minimum atomic E-state index is 0.692. The zero-order chi connectivity index (χ0) is 23.1. The molecule has 6 aromatic rings. The van der Waals surface area contributed by atoms with Gasteiger partial charge in [0.1, 0.15) is 0 Å². The van der Waals surface area contributed by atoms with E-state index in [1.54, 1.807) is 0 Å². The molecule has 0 unspecified atom stereocenters. The Balaban J connectivity index is 1.72. The Morgan fingerprint density at radius 2 is 1.35 bits per heavy atom. The SMILES string of the molecule is Cc1ccc(-c2cn3c(-c4ccccc4)c(-c4ccccc4)nc3n2-c2cccc(Cl)c2)cc1. The Hall–Kier alpha value is -4.08. The van der Waals surface area contributed by atoms with E-state index >= 15 is 0 Å². The number of benzene rings is 4. The van der Waals surface area contributed by atoms with Gasteiger partial charge in [0.25, 0.3) is 0 Å². The molecule has 0 N–H and O–H groups in total. The van der Waals surface area contributed by atoms with Gasteiger partial charge < -0.3 is 0 Å². The molecule has 0 bridgehead atoms. The van der Waals surface area contributed by atoms with Crippen LogP contribution < -0.4 is 0 Å². The first-order chi connectivity index (χ1) is 16.7. The van der Waals surface area contributed by atoms with Gasteiger partial charge in [-0.15, -0.1) is 0 Å². The maximum Gasteiger partial charge on any atom is 0.220 e. The van der Waals surface area contributed by atoms with Crippen LogP contribution in [-0.4, -0.2) is 14.0 Å². The second-order valence-electron chi connectivity index (χ2n) is 8.41. The first-order valence-electron chi connectivity index (χ1n) is 11.3. The van der Waals surface area contributed by atoms with E-state index in [2.05, 4.69) is 101 Å². The molecule has 6 rings (SSSR count). The van der Waals surface area contributed by atoms with Gasteiger partial charge in [-0.2, -0.15) is 0 Å². The van der Waals surface area contributed by atoms with E-state index in [0.717, 1.165) is 45.2 Å². The summed E-state index contributed by atoms with van der Waals surface area (Å²) in [4.78, 5) is 5.21. The fourth-order valence-corrected chi connectivity index (χ4v) is 4.64. The molecule has 2 aromatic heterocycles. The lowest BCUT2D eigenvalue weighted by Crippen LogP contribution is -1.98. The summed E-state index contributed by atoms with van der Waals surface area (Å²) in [6.07, 6.45) is 2.18. The van der Waals surface area contributed by atoms with Crippen LogP contribution >= 0.6 is 11.6 Å². The molecule has 0 radical (unpaired) electrons. The summed E-state index contributed by atoms with van der Waals surface area (Å²) in [6, 6.07) is 37.3. The van der Waals surface area contributed by atoms with Gasteiger partial charge in [0.15, 0.2) is 0 Å². The summed E-state index contributed by atoms with van der Waals surface area (Å²) < 4.78 is 4.39. The predicted octanol–water partition coefficient (Wildman–Crippen LogP) is 8.09. The van der Waals surface area contributed by atoms with Crippen molar-refractivity contribution in [3.05, 3.63) is 126 Å². The third-order valence-corrected chi connectivity index (χ3v) is 6.33. The second kappa shape index (κ2) is 8.36. The van der Waals surface area contributed by atoms with Gasteiger partial charge in [-0.25, -0.2) is 4.98 Å². The molecule has 0 aliphatic carbocycles. The van der Waals surface area contributed by atoms with Crippen LogP contribution in [0.1, 0.15) is 5.56 Å². The highest BCUT2D eigenvalue weighted by Crippen LogP contribution is 2.37. The average molecular weight is 460 g/mol. The normalized spacial score (nSPS) is 11.2.